The summed E-state index contributed by atoms with van der Waals surface area (Å²) in [4.78, 5) is 37.6. The van der Waals surface area contributed by atoms with Crippen LogP contribution in [0.5, 0.6) is 5.75 Å². The zero-order valence-electron chi connectivity index (χ0n) is 12.2. The molecule has 1 fully saturated rings. The molecule has 0 radical (unpaired) electrons. The van der Waals surface area contributed by atoms with Crippen molar-refractivity contribution in [2.45, 2.75) is 0 Å². The lowest BCUT2D eigenvalue weighted by atomic mass is 10.1. The molecule has 0 aliphatic carbocycles. The number of hydrogen-bond acceptors (Lipinski definition) is 4. The van der Waals surface area contributed by atoms with Gasteiger partial charge in [0.25, 0.3) is 11.8 Å². The second-order valence-corrected chi connectivity index (χ2v) is 5.91. The lowest BCUT2D eigenvalue weighted by molar-refractivity contribution is -0.122. The third-order valence-electron chi connectivity index (χ3n) is 3.42. The van der Waals surface area contributed by atoms with E-state index in [1.807, 2.05) is 0 Å². The first kappa shape index (κ1) is 15.9. The van der Waals surface area contributed by atoms with Crippen LogP contribution in [0.4, 0.5) is 10.5 Å². The van der Waals surface area contributed by atoms with Crippen LogP contribution in [0.25, 0.3) is 6.08 Å². The zero-order valence-corrected chi connectivity index (χ0v) is 13.8. The fraction of sp³-hybridized carbons (Fsp3) is 0. The van der Waals surface area contributed by atoms with Gasteiger partial charge in [-0.2, -0.15) is 0 Å². The molecular weight excluding hydrogens is 376 g/mol. The Morgan fingerprint density at radius 3 is 2.33 bits per heavy atom. The van der Waals surface area contributed by atoms with Crippen LogP contribution < -0.4 is 10.2 Å². The molecule has 0 saturated carbocycles. The monoisotopic (exact) mass is 386 g/mol. The molecule has 24 heavy (non-hydrogen) atoms. The first-order valence-corrected chi connectivity index (χ1v) is 7.71. The number of nitrogens with one attached hydrogen (secondary N) is 1. The predicted octanol–water partition coefficient (Wildman–Crippen LogP) is 2.82. The molecule has 0 unspecified atom stereocenters. The molecule has 1 saturated heterocycles. The number of barbiturate groups is 1. The van der Waals surface area contributed by atoms with E-state index >= 15 is 0 Å². The third-order valence-corrected chi connectivity index (χ3v) is 3.95. The smallest absolute Gasteiger partial charge is 0.335 e. The topological polar surface area (TPSA) is 86.7 Å². The fourth-order valence-corrected chi connectivity index (χ4v) is 2.51. The highest BCUT2D eigenvalue weighted by Crippen LogP contribution is 2.25. The Kier molecular flexibility index (Phi) is 4.18. The van der Waals surface area contributed by atoms with E-state index in [-0.39, 0.29) is 11.3 Å². The van der Waals surface area contributed by atoms with Crippen LogP contribution in [0.15, 0.2) is 58.6 Å². The van der Waals surface area contributed by atoms with Gasteiger partial charge < -0.3 is 5.11 Å². The van der Waals surface area contributed by atoms with Crippen LogP contribution in [0.1, 0.15) is 5.56 Å². The molecule has 3 rings (SSSR count). The SMILES string of the molecule is O=C1NC(=O)N(c2ccc(Br)cc2)C(=O)/C1=C/c1ccccc1O. The van der Waals surface area contributed by atoms with Gasteiger partial charge >= 0.3 is 6.03 Å². The number of urea groups is 1. The number of imide groups is 2. The maximum Gasteiger partial charge on any atom is 0.335 e. The Morgan fingerprint density at radius 2 is 1.67 bits per heavy atom. The van der Waals surface area contributed by atoms with Crippen LogP contribution in [0.2, 0.25) is 0 Å². The Morgan fingerprint density at radius 1 is 1.00 bits per heavy atom. The number of carbonyl (C=O) groups is 3. The molecule has 6 nitrogen and oxygen atoms in total. The molecule has 1 aliphatic rings. The van der Waals surface area contributed by atoms with E-state index in [1.165, 1.54) is 12.1 Å². The number of halogens is 1. The summed E-state index contributed by atoms with van der Waals surface area (Å²) in [5.41, 5.74) is 0.400. The van der Waals surface area contributed by atoms with Gasteiger partial charge in [0.2, 0.25) is 0 Å². The van der Waals surface area contributed by atoms with Gasteiger partial charge in [0.15, 0.2) is 0 Å². The Hall–Kier alpha value is -2.93. The van der Waals surface area contributed by atoms with Crippen molar-refractivity contribution in [2.24, 2.45) is 0 Å². The number of benzene rings is 2. The van der Waals surface area contributed by atoms with E-state index < -0.39 is 17.8 Å². The number of aromatic hydroxyl groups is 1. The lowest BCUT2D eigenvalue weighted by Gasteiger charge is -2.26. The van der Waals surface area contributed by atoms with Gasteiger partial charge in [0, 0.05) is 10.0 Å². The number of para-hydroxylation sites is 1. The average molecular weight is 387 g/mol. The van der Waals surface area contributed by atoms with E-state index in [1.54, 1.807) is 42.5 Å². The molecule has 0 atom stereocenters. The molecule has 0 aromatic heterocycles. The fourth-order valence-electron chi connectivity index (χ4n) is 2.25. The van der Waals surface area contributed by atoms with Crippen molar-refractivity contribution in [3.05, 3.63) is 64.1 Å². The summed E-state index contributed by atoms with van der Waals surface area (Å²) >= 11 is 3.28. The highest BCUT2D eigenvalue weighted by molar-refractivity contribution is 9.10. The molecular formula is C17H11BrN2O4. The summed E-state index contributed by atoms with van der Waals surface area (Å²) in [5.74, 6) is -1.63. The number of carbonyl (C=O) groups excluding carboxylic acids is 3. The number of rotatable bonds is 2. The second kappa shape index (κ2) is 6.29. The molecule has 0 spiro atoms. The molecule has 2 aromatic rings. The van der Waals surface area contributed by atoms with E-state index in [0.717, 1.165) is 9.37 Å². The number of amides is 4. The van der Waals surface area contributed by atoms with Crippen LogP contribution in [0, 0.1) is 0 Å². The number of phenolic OH excluding ortho intramolecular Hbond substituents is 1. The van der Waals surface area contributed by atoms with Crippen molar-refractivity contribution in [1.82, 2.24) is 5.32 Å². The number of anilines is 1. The Bertz CT molecular complexity index is 874. The van der Waals surface area contributed by atoms with E-state index in [9.17, 15) is 19.5 Å². The van der Waals surface area contributed by atoms with Gasteiger partial charge in [-0.05, 0) is 36.4 Å². The second-order valence-electron chi connectivity index (χ2n) is 4.99. The molecule has 2 aromatic carbocycles. The van der Waals surface area contributed by atoms with Gasteiger partial charge in [-0.1, -0.05) is 34.1 Å². The van der Waals surface area contributed by atoms with Crippen molar-refractivity contribution in [3.8, 4) is 5.75 Å². The zero-order chi connectivity index (χ0) is 17.3. The molecule has 120 valence electrons. The molecule has 2 N–H and O–H groups in total. The summed E-state index contributed by atoms with van der Waals surface area (Å²) < 4.78 is 0.789. The lowest BCUT2D eigenvalue weighted by Crippen LogP contribution is -2.54. The van der Waals surface area contributed by atoms with Gasteiger partial charge in [0.1, 0.15) is 11.3 Å². The van der Waals surface area contributed by atoms with Crippen LogP contribution in [-0.2, 0) is 9.59 Å². The largest absolute Gasteiger partial charge is 0.507 e. The van der Waals surface area contributed by atoms with E-state index in [2.05, 4.69) is 21.2 Å². The first-order chi connectivity index (χ1) is 11.5. The number of hydrogen-bond donors (Lipinski definition) is 2. The number of phenols is 1. The minimum absolute atomic E-state index is 0.0716. The van der Waals surface area contributed by atoms with E-state index in [4.69, 9.17) is 0 Å². The van der Waals surface area contributed by atoms with Gasteiger partial charge in [-0.25, -0.2) is 9.69 Å². The summed E-state index contributed by atoms with van der Waals surface area (Å²) in [6, 6.07) is 12.0. The summed E-state index contributed by atoms with van der Waals surface area (Å²) in [7, 11) is 0. The highest BCUT2D eigenvalue weighted by atomic mass is 79.9. The molecule has 7 heteroatoms. The molecule has 1 heterocycles. The van der Waals surface area contributed by atoms with Gasteiger partial charge in [0.05, 0.1) is 5.69 Å². The third kappa shape index (κ3) is 2.93. The van der Waals surface area contributed by atoms with Crippen LogP contribution >= 0.6 is 15.9 Å². The summed E-state index contributed by atoms with van der Waals surface area (Å²) in [5, 5.41) is 11.9. The molecule has 4 amide bonds. The average Bonchev–Trinajstić information content (AvgIpc) is 2.54. The number of nitrogens with zero attached hydrogens (tertiary/aromatic N) is 1. The first-order valence-electron chi connectivity index (χ1n) is 6.92. The van der Waals surface area contributed by atoms with E-state index in [0.29, 0.717) is 11.3 Å². The molecule has 1 aliphatic heterocycles. The Labute approximate surface area is 145 Å². The maximum atomic E-state index is 12.6. The quantitative estimate of drug-likeness (QED) is 0.613. The van der Waals surface area contributed by atoms with Crippen LogP contribution in [-0.4, -0.2) is 23.0 Å². The molecule has 0 bridgehead atoms. The highest BCUT2D eigenvalue weighted by Gasteiger charge is 2.36. The maximum absolute atomic E-state index is 12.6. The standard InChI is InChI=1S/C17H11BrN2O4/c18-11-5-7-12(8-6-11)20-16(23)13(15(22)19-17(20)24)9-10-3-1-2-4-14(10)21/h1-9,21H,(H,19,22,24)/b13-9+. The van der Waals surface area contributed by atoms with Crippen molar-refractivity contribution < 1.29 is 19.5 Å². The predicted molar refractivity (Wildman–Crippen MR) is 91.3 cm³/mol. The van der Waals surface area contributed by atoms with Crippen molar-refractivity contribution in [3.63, 3.8) is 0 Å². The van der Waals surface area contributed by atoms with Crippen LogP contribution in [0.3, 0.4) is 0 Å². The van der Waals surface area contributed by atoms with Gasteiger partial charge in [-0.3, -0.25) is 14.9 Å². The Balaban J connectivity index is 2.03. The summed E-state index contributed by atoms with van der Waals surface area (Å²) in [6.07, 6.45) is 1.26. The van der Waals surface area contributed by atoms with Crippen molar-refractivity contribution >= 4 is 45.5 Å². The summed E-state index contributed by atoms with van der Waals surface area (Å²) in [6.45, 7) is 0. The van der Waals surface area contributed by atoms with Crippen molar-refractivity contribution in [2.75, 3.05) is 4.90 Å². The normalized spacial score (nSPS) is 16.5. The minimum Gasteiger partial charge on any atom is -0.507 e. The van der Waals surface area contributed by atoms with Gasteiger partial charge in [-0.15, -0.1) is 0 Å². The minimum atomic E-state index is -0.818. The van der Waals surface area contributed by atoms with Crippen molar-refractivity contribution in [1.29, 1.82) is 0 Å².